The molecule has 24 heavy (non-hydrogen) atoms. The molecule has 1 N–H and O–H groups in total. The van der Waals surface area contributed by atoms with E-state index in [1.807, 2.05) is 6.07 Å². The van der Waals surface area contributed by atoms with Gasteiger partial charge in [-0.1, -0.05) is 35.8 Å². The number of anilines is 1. The van der Waals surface area contributed by atoms with E-state index in [1.165, 1.54) is 0 Å². The molecule has 2 aromatic rings. The van der Waals surface area contributed by atoms with E-state index in [9.17, 15) is 9.59 Å². The standard InChI is InChI=1S/C19H20BrNO3/c1-13(2)10-11-24-19(23)14-6-8-17(9-7-14)21-18(22)15-4-3-5-16(20)12-15/h3-9,12-13H,10-11H2,1-2H3,(H,21,22). The molecule has 0 bridgehead atoms. The van der Waals surface area contributed by atoms with Gasteiger partial charge < -0.3 is 10.1 Å². The van der Waals surface area contributed by atoms with Crippen LogP contribution in [0.1, 0.15) is 41.0 Å². The van der Waals surface area contributed by atoms with E-state index in [1.54, 1.807) is 42.5 Å². The van der Waals surface area contributed by atoms with Crippen molar-refractivity contribution >= 4 is 33.5 Å². The maximum atomic E-state index is 12.2. The van der Waals surface area contributed by atoms with Crippen molar-refractivity contribution < 1.29 is 14.3 Å². The third kappa shape index (κ3) is 5.49. The van der Waals surface area contributed by atoms with Gasteiger partial charge >= 0.3 is 5.97 Å². The Hall–Kier alpha value is -2.14. The molecule has 0 radical (unpaired) electrons. The lowest BCUT2D eigenvalue weighted by Crippen LogP contribution is -2.12. The third-order valence-corrected chi connectivity index (χ3v) is 3.89. The molecule has 0 saturated carbocycles. The minimum Gasteiger partial charge on any atom is -0.462 e. The van der Waals surface area contributed by atoms with E-state index in [-0.39, 0.29) is 11.9 Å². The number of nitrogens with one attached hydrogen (secondary N) is 1. The zero-order valence-electron chi connectivity index (χ0n) is 13.7. The number of benzene rings is 2. The van der Waals surface area contributed by atoms with Crippen molar-refractivity contribution in [3.63, 3.8) is 0 Å². The molecule has 0 aliphatic rings. The molecular formula is C19H20BrNO3. The highest BCUT2D eigenvalue weighted by Gasteiger charge is 2.09. The molecule has 0 atom stereocenters. The van der Waals surface area contributed by atoms with Crippen LogP contribution in [0.3, 0.4) is 0 Å². The van der Waals surface area contributed by atoms with Crippen molar-refractivity contribution in [2.45, 2.75) is 20.3 Å². The van der Waals surface area contributed by atoms with Crippen LogP contribution in [0.15, 0.2) is 53.0 Å². The van der Waals surface area contributed by atoms with Gasteiger partial charge in [0.15, 0.2) is 0 Å². The maximum Gasteiger partial charge on any atom is 0.338 e. The highest BCUT2D eigenvalue weighted by atomic mass is 79.9. The summed E-state index contributed by atoms with van der Waals surface area (Å²) in [7, 11) is 0. The lowest BCUT2D eigenvalue weighted by atomic mass is 10.1. The van der Waals surface area contributed by atoms with Crippen LogP contribution in [0.2, 0.25) is 0 Å². The van der Waals surface area contributed by atoms with Crippen molar-refractivity contribution in [3.05, 3.63) is 64.1 Å². The van der Waals surface area contributed by atoms with Gasteiger partial charge in [0.05, 0.1) is 12.2 Å². The zero-order valence-corrected chi connectivity index (χ0v) is 15.3. The number of carbonyl (C=O) groups is 2. The smallest absolute Gasteiger partial charge is 0.338 e. The molecule has 5 heteroatoms. The second-order valence-corrected chi connectivity index (χ2v) is 6.78. The monoisotopic (exact) mass is 389 g/mol. The molecule has 0 unspecified atom stereocenters. The Labute approximate surface area is 150 Å². The molecule has 0 aromatic heterocycles. The van der Waals surface area contributed by atoms with Gasteiger partial charge in [0.1, 0.15) is 0 Å². The second-order valence-electron chi connectivity index (χ2n) is 5.86. The molecule has 1 amide bonds. The minimum absolute atomic E-state index is 0.205. The van der Waals surface area contributed by atoms with Gasteiger partial charge in [-0.05, 0) is 54.8 Å². The molecule has 0 aliphatic carbocycles. The number of amides is 1. The first-order valence-corrected chi connectivity index (χ1v) is 8.59. The van der Waals surface area contributed by atoms with E-state index in [4.69, 9.17) is 4.74 Å². The fraction of sp³-hybridized carbons (Fsp3) is 0.263. The largest absolute Gasteiger partial charge is 0.462 e. The van der Waals surface area contributed by atoms with Gasteiger partial charge in [-0.25, -0.2) is 4.79 Å². The lowest BCUT2D eigenvalue weighted by molar-refractivity contribution is 0.0488. The molecule has 126 valence electrons. The van der Waals surface area contributed by atoms with Crippen molar-refractivity contribution in [2.24, 2.45) is 5.92 Å². The fourth-order valence-corrected chi connectivity index (χ4v) is 2.39. The van der Waals surface area contributed by atoms with Crippen molar-refractivity contribution in [2.75, 3.05) is 11.9 Å². The topological polar surface area (TPSA) is 55.4 Å². The van der Waals surface area contributed by atoms with Crippen LogP contribution in [0, 0.1) is 5.92 Å². The van der Waals surface area contributed by atoms with Crippen LogP contribution in [0.5, 0.6) is 0 Å². The Morgan fingerprint density at radius 1 is 1.08 bits per heavy atom. The molecular weight excluding hydrogens is 370 g/mol. The molecule has 2 rings (SSSR count). The van der Waals surface area contributed by atoms with Gasteiger partial charge in [0.25, 0.3) is 5.91 Å². The summed E-state index contributed by atoms with van der Waals surface area (Å²) in [5.41, 5.74) is 1.65. The van der Waals surface area contributed by atoms with E-state index in [0.29, 0.717) is 29.3 Å². The summed E-state index contributed by atoms with van der Waals surface area (Å²) in [6.07, 6.45) is 0.840. The van der Waals surface area contributed by atoms with Gasteiger partial charge in [0, 0.05) is 15.7 Å². The number of hydrogen-bond donors (Lipinski definition) is 1. The maximum absolute atomic E-state index is 12.2. The van der Waals surface area contributed by atoms with Crippen molar-refractivity contribution in [1.82, 2.24) is 0 Å². The molecule has 0 spiro atoms. The van der Waals surface area contributed by atoms with E-state index >= 15 is 0 Å². The van der Waals surface area contributed by atoms with Crippen molar-refractivity contribution in [3.8, 4) is 0 Å². The lowest BCUT2D eigenvalue weighted by Gasteiger charge is -2.08. The third-order valence-electron chi connectivity index (χ3n) is 3.39. The molecule has 0 heterocycles. The van der Waals surface area contributed by atoms with Crippen LogP contribution in [-0.2, 0) is 4.74 Å². The number of esters is 1. The van der Waals surface area contributed by atoms with E-state index in [2.05, 4.69) is 35.1 Å². The summed E-state index contributed by atoms with van der Waals surface area (Å²) in [4.78, 5) is 24.1. The average Bonchev–Trinajstić information content (AvgIpc) is 2.55. The Morgan fingerprint density at radius 2 is 1.79 bits per heavy atom. The Bertz CT molecular complexity index is 711. The van der Waals surface area contributed by atoms with Crippen molar-refractivity contribution in [1.29, 1.82) is 0 Å². The number of carbonyl (C=O) groups excluding carboxylic acids is 2. The van der Waals surface area contributed by atoms with Crippen LogP contribution < -0.4 is 5.32 Å². The summed E-state index contributed by atoms with van der Waals surface area (Å²) < 4.78 is 6.05. The normalized spacial score (nSPS) is 10.5. The molecule has 4 nitrogen and oxygen atoms in total. The molecule has 0 fully saturated rings. The summed E-state index contributed by atoms with van der Waals surface area (Å²) in [5, 5.41) is 2.80. The Balaban J connectivity index is 1.94. The SMILES string of the molecule is CC(C)CCOC(=O)c1ccc(NC(=O)c2cccc(Br)c2)cc1. The number of hydrogen-bond acceptors (Lipinski definition) is 3. The van der Waals surface area contributed by atoms with Crippen LogP contribution in [0.4, 0.5) is 5.69 Å². The zero-order chi connectivity index (χ0) is 17.5. The quantitative estimate of drug-likeness (QED) is 0.714. The highest BCUT2D eigenvalue weighted by molar-refractivity contribution is 9.10. The van der Waals surface area contributed by atoms with Gasteiger partial charge in [-0.2, -0.15) is 0 Å². The molecule has 0 saturated heterocycles. The Morgan fingerprint density at radius 3 is 2.42 bits per heavy atom. The number of halogens is 1. The molecule has 0 aliphatic heterocycles. The highest BCUT2D eigenvalue weighted by Crippen LogP contribution is 2.15. The minimum atomic E-state index is -0.347. The predicted molar refractivity (Wildman–Crippen MR) is 98.3 cm³/mol. The summed E-state index contributed by atoms with van der Waals surface area (Å²) in [6.45, 7) is 4.57. The van der Waals surface area contributed by atoms with Crippen LogP contribution in [0.25, 0.3) is 0 Å². The van der Waals surface area contributed by atoms with E-state index in [0.717, 1.165) is 10.9 Å². The second kappa shape index (κ2) is 8.64. The predicted octanol–water partition coefficient (Wildman–Crippen LogP) is 4.90. The first kappa shape index (κ1) is 18.2. The van der Waals surface area contributed by atoms with Gasteiger partial charge in [0.2, 0.25) is 0 Å². The Kier molecular flexibility index (Phi) is 6.55. The van der Waals surface area contributed by atoms with Gasteiger partial charge in [-0.15, -0.1) is 0 Å². The van der Waals surface area contributed by atoms with E-state index < -0.39 is 0 Å². The molecule has 2 aromatic carbocycles. The number of ether oxygens (including phenoxy) is 1. The average molecular weight is 390 g/mol. The van der Waals surface area contributed by atoms with Gasteiger partial charge in [-0.3, -0.25) is 4.79 Å². The van der Waals surface area contributed by atoms with Crippen LogP contribution in [-0.4, -0.2) is 18.5 Å². The summed E-state index contributed by atoms with van der Waals surface area (Å²) >= 11 is 3.34. The summed E-state index contributed by atoms with van der Waals surface area (Å²) in [5.74, 6) is -0.0579. The summed E-state index contributed by atoms with van der Waals surface area (Å²) in [6, 6.07) is 13.8. The first-order valence-electron chi connectivity index (χ1n) is 7.80. The number of rotatable bonds is 6. The fourth-order valence-electron chi connectivity index (χ4n) is 1.99. The van der Waals surface area contributed by atoms with Crippen LogP contribution >= 0.6 is 15.9 Å². The first-order chi connectivity index (χ1) is 11.5.